The molecule has 5 rings (SSSR count). The largest absolute Gasteiger partial charge is 0.457 e. The molecule has 0 saturated carbocycles. The summed E-state index contributed by atoms with van der Waals surface area (Å²) in [6.07, 6.45) is 1.78. The number of anilines is 2. The fraction of sp³-hybridized carbons (Fsp3) is 0. The number of nitrogens with zero attached hydrogens (tertiary/aromatic N) is 1. The van der Waals surface area contributed by atoms with E-state index in [0.29, 0.717) is 27.1 Å². The van der Waals surface area contributed by atoms with Crippen LogP contribution >= 0.6 is 23.2 Å². The van der Waals surface area contributed by atoms with E-state index in [1.807, 2.05) is 72.8 Å². The number of amides is 1. The molecule has 0 radical (unpaired) electrons. The summed E-state index contributed by atoms with van der Waals surface area (Å²) >= 11 is 12.3. The minimum absolute atomic E-state index is 0.0927. The molecular weight excluding hydrogens is 417 g/mol. The van der Waals surface area contributed by atoms with Gasteiger partial charge in [-0.05, 0) is 54.6 Å². The molecule has 0 unspecified atom stereocenters. The van der Waals surface area contributed by atoms with E-state index < -0.39 is 0 Å². The second-order valence-corrected chi connectivity index (χ2v) is 7.72. The summed E-state index contributed by atoms with van der Waals surface area (Å²) in [7, 11) is 0. The summed E-state index contributed by atoms with van der Waals surface area (Å²) in [6, 6.07) is 26.3. The smallest absolute Gasteiger partial charge is 0.263 e. The summed E-state index contributed by atoms with van der Waals surface area (Å²) in [5.41, 5.74) is 3.88. The average molecular weight is 432 g/mol. The molecule has 3 nitrogen and oxygen atoms in total. The molecule has 0 aliphatic carbocycles. The topological polar surface area (TPSA) is 33.5 Å². The van der Waals surface area contributed by atoms with Crippen molar-refractivity contribution < 1.29 is 9.21 Å². The van der Waals surface area contributed by atoms with Crippen LogP contribution in [0.2, 0.25) is 10.0 Å². The quantitative estimate of drug-likeness (QED) is 0.315. The lowest BCUT2D eigenvalue weighted by molar-refractivity contribution is -0.112. The predicted molar refractivity (Wildman–Crippen MR) is 122 cm³/mol. The van der Waals surface area contributed by atoms with Gasteiger partial charge in [-0.3, -0.25) is 9.69 Å². The molecular formula is C25H15Cl2NO2. The minimum Gasteiger partial charge on any atom is -0.457 e. The number of halogens is 2. The highest BCUT2D eigenvalue weighted by atomic mass is 35.5. The Kier molecular flexibility index (Phi) is 4.70. The molecule has 1 aliphatic heterocycles. The van der Waals surface area contributed by atoms with Gasteiger partial charge in [0.25, 0.3) is 5.91 Å². The van der Waals surface area contributed by atoms with E-state index >= 15 is 0 Å². The van der Waals surface area contributed by atoms with Crippen LogP contribution in [0.25, 0.3) is 23.0 Å². The van der Waals surface area contributed by atoms with Crippen molar-refractivity contribution in [2.24, 2.45) is 0 Å². The van der Waals surface area contributed by atoms with Crippen molar-refractivity contribution in [3.05, 3.63) is 106 Å². The van der Waals surface area contributed by atoms with Gasteiger partial charge in [0.1, 0.15) is 11.5 Å². The highest BCUT2D eigenvalue weighted by molar-refractivity contribution is 6.38. The third-order valence-corrected chi connectivity index (χ3v) is 5.54. The van der Waals surface area contributed by atoms with Crippen LogP contribution in [0, 0.1) is 0 Å². The fourth-order valence-electron chi connectivity index (χ4n) is 3.62. The first-order valence-electron chi connectivity index (χ1n) is 9.38. The Bertz CT molecular complexity index is 1290. The molecule has 0 spiro atoms. The fourth-order valence-corrected chi connectivity index (χ4v) is 4.12. The van der Waals surface area contributed by atoms with E-state index in [4.69, 9.17) is 27.6 Å². The third-order valence-electron chi connectivity index (χ3n) is 4.99. The molecule has 0 atom stereocenters. The van der Waals surface area contributed by atoms with Crippen molar-refractivity contribution in [3.63, 3.8) is 0 Å². The summed E-state index contributed by atoms with van der Waals surface area (Å²) in [4.78, 5) is 15.0. The Labute approximate surface area is 183 Å². The van der Waals surface area contributed by atoms with Crippen molar-refractivity contribution in [1.82, 2.24) is 0 Å². The van der Waals surface area contributed by atoms with Crippen molar-refractivity contribution in [2.75, 3.05) is 4.90 Å². The van der Waals surface area contributed by atoms with E-state index in [1.165, 1.54) is 0 Å². The van der Waals surface area contributed by atoms with Gasteiger partial charge >= 0.3 is 0 Å². The molecule has 146 valence electrons. The lowest BCUT2D eigenvalue weighted by atomic mass is 10.1. The first kappa shape index (κ1) is 18.7. The Hall–Kier alpha value is -3.27. The zero-order chi connectivity index (χ0) is 20.7. The number of benzene rings is 3. The van der Waals surface area contributed by atoms with E-state index in [-0.39, 0.29) is 5.91 Å². The number of para-hydroxylation sites is 2. The van der Waals surface area contributed by atoms with Gasteiger partial charge in [-0.1, -0.05) is 59.6 Å². The van der Waals surface area contributed by atoms with Gasteiger partial charge in [0.15, 0.2) is 0 Å². The Morgan fingerprint density at radius 3 is 2.37 bits per heavy atom. The Balaban J connectivity index is 1.56. The van der Waals surface area contributed by atoms with E-state index in [2.05, 4.69) is 0 Å². The molecule has 4 aromatic rings. The maximum absolute atomic E-state index is 13.3. The van der Waals surface area contributed by atoms with Crippen LogP contribution in [-0.4, -0.2) is 5.91 Å². The van der Waals surface area contributed by atoms with Crippen molar-refractivity contribution in [2.45, 2.75) is 0 Å². The lowest BCUT2D eigenvalue weighted by Crippen LogP contribution is -2.20. The molecule has 0 fully saturated rings. The summed E-state index contributed by atoms with van der Waals surface area (Å²) in [6.45, 7) is 0. The first-order valence-corrected chi connectivity index (χ1v) is 10.1. The van der Waals surface area contributed by atoms with Gasteiger partial charge in [-0.2, -0.15) is 0 Å². The van der Waals surface area contributed by atoms with Crippen molar-refractivity contribution >= 4 is 52.1 Å². The Morgan fingerprint density at radius 1 is 0.800 bits per heavy atom. The van der Waals surface area contributed by atoms with Gasteiger partial charge in [0.05, 0.1) is 16.3 Å². The molecule has 30 heavy (non-hydrogen) atoms. The molecule has 0 bridgehead atoms. The molecule has 0 N–H and O–H groups in total. The predicted octanol–water partition coefficient (Wildman–Crippen LogP) is 7.47. The molecule has 2 heterocycles. The minimum atomic E-state index is -0.0927. The van der Waals surface area contributed by atoms with Crippen LogP contribution in [0.15, 0.2) is 89.3 Å². The second kappa shape index (κ2) is 7.52. The number of hydrogen-bond donors (Lipinski definition) is 0. The monoisotopic (exact) mass is 431 g/mol. The number of fused-ring (bicyclic) bond motifs is 1. The third kappa shape index (κ3) is 3.22. The first-order chi connectivity index (χ1) is 14.6. The van der Waals surface area contributed by atoms with E-state index in [9.17, 15) is 4.79 Å². The van der Waals surface area contributed by atoms with Crippen molar-refractivity contribution in [3.8, 4) is 11.3 Å². The molecule has 0 saturated heterocycles. The van der Waals surface area contributed by atoms with Crippen LogP contribution < -0.4 is 4.90 Å². The standard InChI is InChI=1S/C25H15Cl2NO2/c26-16-10-12-20(22(27)14-16)24-13-11-18(30-24)15-21-19-8-4-5-9-23(19)28(25(21)29)17-6-2-1-3-7-17/h1-15H/b21-15+. The van der Waals surface area contributed by atoms with Crippen LogP contribution in [0.5, 0.6) is 0 Å². The van der Waals surface area contributed by atoms with Gasteiger partial charge in [-0.15, -0.1) is 0 Å². The lowest BCUT2D eigenvalue weighted by Gasteiger charge is -2.16. The molecule has 1 aliphatic rings. The number of rotatable bonds is 3. The normalized spacial score (nSPS) is 14.4. The van der Waals surface area contributed by atoms with Crippen LogP contribution in [0.4, 0.5) is 11.4 Å². The van der Waals surface area contributed by atoms with Gasteiger partial charge in [0.2, 0.25) is 0 Å². The van der Waals surface area contributed by atoms with Crippen LogP contribution in [-0.2, 0) is 4.79 Å². The number of furan rings is 1. The van der Waals surface area contributed by atoms with Crippen LogP contribution in [0.3, 0.4) is 0 Å². The summed E-state index contributed by atoms with van der Waals surface area (Å²) < 4.78 is 5.98. The molecule has 1 amide bonds. The molecule has 1 aromatic heterocycles. The van der Waals surface area contributed by atoms with Gasteiger partial charge < -0.3 is 4.42 Å². The summed E-state index contributed by atoms with van der Waals surface area (Å²) in [5.74, 6) is 1.09. The second-order valence-electron chi connectivity index (χ2n) is 6.88. The number of carbonyl (C=O) groups excluding carboxylic acids is 1. The SMILES string of the molecule is O=C1/C(=C/c2ccc(-c3ccc(Cl)cc3Cl)o2)c2ccccc2N1c1ccccc1. The molecule has 3 aromatic carbocycles. The maximum atomic E-state index is 13.3. The number of carbonyl (C=O) groups is 1. The molecule has 5 heteroatoms. The highest BCUT2D eigenvalue weighted by Crippen LogP contribution is 2.42. The average Bonchev–Trinajstić information content (AvgIpc) is 3.32. The van der Waals surface area contributed by atoms with E-state index in [1.54, 1.807) is 23.1 Å². The number of hydrogen-bond acceptors (Lipinski definition) is 2. The Morgan fingerprint density at radius 2 is 1.57 bits per heavy atom. The van der Waals surface area contributed by atoms with Crippen molar-refractivity contribution in [1.29, 1.82) is 0 Å². The van der Waals surface area contributed by atoms with E-state index in [0.717, 1.165) is 22.5 Å². The van der Waals surface area contributed by atoms with Gasteiger partial charge in [-0.25, -0.2) is 0 Å². The summed E-state index contributed by atoms with van der Waals surface area (Å²) in [5, 5.41) is 1.07. The zero-order valence-corrected chi connectivity index (χ0v) is 17.2. The maximum Gasteiger partial charge on any atom is 0.263 e. The van der Waals surface area contributed by atoms with Crippen LogP contribution in [0.1, 0.15) is 11.3 Å². The zero-order valence-electron chi connectivity index (χ0n) is 15.7. The highest BCUT2D eigenvalue weighted by Gasteiger charge is 2.33. The van der Waals surface area contributed by atoms with Gasteiger partial charge in [0, 0.05) is 21.8 Å².